The van der Waals surface area contributed by atoms with E-state index in [0.717, 1.165) is 13.1 Å². The number of nitrogens with two attached hydrogens (primary N) is 1. The Morgan fingerprint density at radius 1 is 1.16 bits per heavy atom. The molecule has 1 aromatic carbocycles. The standard InChI is InChI=1S/C16H21N3/c1-3-19(12-14-8-10-18-11-9-14)16-7-5-4-6-15(16)13(2)17/h4-11,13H,3,12,17H2,1-2H3/t13-/m0/s1. The van der Waals surface area contributed by atoms with Gasteiger partial charge in [-0.15, -0.1) is 0 Å². The summed E-state index contributed by atoms with van der Waals surface area (Å²) in [5.74, 6) is 0. The van der Waals surface area contributed by atoms with Gasteiger partial charge in [0.15, 0.2) is 0 Å². The van der Waals surface area contributed by atoms with Crippen molar-refractivity contribution >= 4 is 5.69 Å². The van der Waals surface area contributed by atoms with Crippen molar-refractivity contribution in [1.29, 1.82) is 0 Å². The highest BCUT2D eigenvalue weighted by molar-refractivity contribution is 5.55. The van der Waals surface area contributed by atoms with Gasteiger partial charge in [-0.3, -0.25) is 4.98 Å². The largest absolute Gasteiger partial charge is 0.367 e. The van der Waals surface area contributed by atoms with Crippen molar-refractivity contribution in [2.24, 2.45) is 5.73 Å². The minimum absolute atomic E-state index is 0.0442. The highest BCUT2D eigenvalue weighted by Gasteiger charge is 2.12. The smallest absolute Gasteiger partial charge is 0.0430 e. The van der Waals surface area contributed by atoms with Gasteiger partial charge in [0.05, 0.1) is 0 Å². The molecule has 3 nitrogen and oxygen atoms in total. The summed E-state index contributed by atoms with van der Waals surface area (Å²) in [6.07, 6.45) is 3.67. The first-order valence-electron chi connectivity index (χ1n) is 6.70. The molecule has 2 rings (SSSR count). The Bertz CT molecular complexity index is 508. The van der Waals surface area contributed by atoms with Crippen LogP contribution >= 0.6 is 0 Å². The van der Waals surface area contributed by atoms with E-state index in [4.69, 9.17) is 5.73 Å². The second-order valence-electron chi connectivity index (χ2n) is 4.72. The second-order valence-corrected chi connectivity index (χ2v) is 4.72. The molecular weight excluding hydrogens is 234 g/mol. The Hall–Kier alpha value is -1.87. The molecule has 3 heteroatoms. The van der Waals surface area contributed by atoms with Crippen molar-refractivity contribution in [3.63, 3.8) is 0 Å². The summed E-state index contributed by atoms with van der Waals surface area (Å²) in [5.41, 5.74) is 9.74. The van der Waals surface area contributed by atoms with Gasteiger partial charge in [0.1, 0.15) is 0 Å². The van der Waals surface area contributed by atoms with Gasteiger partial charge in [-0.25, -0.2) is 0 Å². The molecule has 1 heterocycles. The molecule has 2 N–H and O–H groups in total. The van der Waals surface area contributed by atoms with Gasteiger partial charge in [0.2, 0.25) is 0 Å². The molecule has 19 heavy (non-hydrogen) atoms. The van der Waals surface area contributed by atoms with Crippen molar-refractivity contribution in [3.05, 3.63) is 59.9 Å². The number of rotatable bonds is 5. The highest BCUT2D eigenvalue weighted by atomic mass is 15.1. The summed E-state index contributed by atoms with van der Waals surface area (Å²) < 4.78 is 0. The van der Waals surface area contributed by atoms with Gasteiger partial charge in [-0.2, -0.15) is 0 Å². The Kier molecular flexibility index (Phi) is 4.53. The summed E-state index contributed by atoms with van der Waals surface area (Å²) in [4.78, 5) is 6.40. The number of hydrogen-bond donors (Lipinski definition) is 1. The average molecular weight is 255 g/mol. The Balaban J connectivity index is 2.27. The first-order valence-corrected chi connectivity index (χ1v) is 6.70. The van der Waals surface area contributed by atoms with E-state index in [9.17, 15) is 0 Å². The van der Waals surface area contributed by atoms with Gasteiger partial charge in [0.25, 0.3) is 0 Å². The van der Waals surface area contributed by atoms with Gasteiger partial charge < -0.3 is 10.6 Å². The molecule has 0 aliphatic heterocycles. The topological polar surface area (TPSA) is 42.2 Å². The number of anilines is 1. The number of para-hydroxylation sites is 1. The van der Waals surface area contributed by atoms with Crippen LogP contribution in [0.1, 0.15) is 31.0 Å². The maximum atomic E-state index is 6.06. The van der Waals surface area contributed by atoms with Crippen LogP contribution in [0.15, 0.2) is 48.8 Å². The van der Waals surface area contributed by atoms with Crippen LogP contribution in [-0.4, -0.2) is 11.5 Å². The molecule has 100 valence electrons. The SMILES string of the molecule is CCN(Cc1ccncc1)c1ccccc1[C@H](C)N. The van der Waals surface area contributed by atoms with E-state index in [0.29, 0.717) is 0 Å². The monoisotopic (exact) mass is 255 g/mol. The molecule has 0 fully saturated rings. The van der Waals surface area contributed by atoms with Crippen molar-refractivity contribution < 1.29 is 0 Å². The van der Waals surface area contributed by atoms with Crippen LogP contribution < -0.4 is 10.6 Å². The number of nitrogens with zero attached hydrogens (tertiary/aromatic N) is 2. The number of aromatic nitrogens is 1. The predicted octanol–water partition coefficient (Wildman–Crippen LogP) is 3.13. The normalized spacial score (nSPS) is 12.2. The number of hydrogen-bond acceptors (Lipinski definition) is 3. The van der Waals surface area contributed by atoms with E-state index in [1.165, 1.54) is 16.8 Å². The zero-order chi connectivity index (χ0) is 13.7. The van der Waals surface area contributed by atoms with Crippen molar-refractivity contribution in [2.45, 2.75) is 26.4 Å². The van der Waals surface area contributed by atoms with E-state index in [1.807, 2.05) is 25.4 Å². The molecule has 0 saturated heterocycles. The van der Waals surface area contributed by atoms with Crippen molar-refractivity contribution in [2.75, 3.05) is 11.4 Å². The zero-order valence-electron chi connectivity index (χ0n) is 11.6. The molecular formula is C16H21N3. The molecule has 0 radical (unpaired) electrons. The van der Waals surface area contributed by atoms with E-state index >= 15 is 0 Å². The molecule has 0 bridgehead atoms. The third-order valence-electron chi connectivity index (χ3n) is 3.27. The minimum atomic E-state index is 0.0442. The van der Waals surface area contributed by atoms with E-state index < -0.39 is 0 Å². The first-order chi connectivity index (χ1) is 9.22. The van der Waals surface area contributed by atoms with Crippen LogP contribution in [-0.2, 0) is 6.54 Å². The fraction of sp³-hybridized carbons (Fsp3) is 0.312. The third-order valence-corrected chi connectivity index (χ3v) is 3.27. The average Bonchev–Trinajstić information content (AvgIpc) is 2.46. The first kappa shape index (κ1) is 13.6. The van der Waals surface area contributed by atoms with E-state index in [1.54, 1.807) is 0 Å². The Morgan fingerprint density at radius 3 is 2.47 bits per heavy atom. The van der Waals surface area contributed by atoms with E-state index in [2.05, 4.69) is 47.1 Å². The molecule has 0 amide bonds. The lowest BCUT2D eigenvalue weighted by Crippen LogP contribution is -2.24. The molecule has 0 spiro atoms. The second kappa shape index (κ2) is 6.34. The Morgan fingerprint density at radius 2 is 1.84 bits per heavy atom. The zero-order valence-corrected chi connectivity index (χ0v) is 11.6. The Labute approximate surface area is 115 Å². The molecule has 0 saturated carbocycles. The van der Waals surface area contributed by atoms with E-state index in [-0.39, 0.29) is 6.04 Å². The summed E-state index contributed by atoms with van der Waals surface area (Å²) >= 11 is 0. The third kappa shape index (κ3) is 3.32. The van der Waals surface area contributed by atoms with Gasteiger partial charge in [0, 0.05) is 37.2 Å². The fourth-order valence-corrected chi connectivity index (χ4v) is 2.24. The highest BCUT2D eigenvalue weighted by Crippen LogP contribution is 2.26. The van der Waals surface area contributed by atoms with Crippen LogP contribution in [0.4, 0.5) is 5.69 Å². The maximum absolute atomic E-state index is 6.06. The molecule has 1 atom stereocenters. The molecule has 0 aliphatic rings. The molecule has 1 aromatic heterocycles. The quantitative estimate of drug-likeness (QED) is 0.892. The van der Waals surface area contributed by atoms with Gasteiger partial charge >= 0.3 is 0 Å². The van der Waals surface area contributed by atoms with Gasteiger partial charge in [-0.05, 0) is 43.2 Å². The van der Waals surface area contributed by atoms with Gasteiger partial charge in [-0.1, -0.05) is 18.2 Å². The predicted molar refractivity (Wildman–Crippen MR) is 80.0 cm³/mol. The van der Waals surface area contributed by atoms with Crippen molar-refractivity contribution in [3.8, 4) is 0 Å². The van der Waals surface area contributed by atoms with Crippen LogP contribution in [0, 0.1) is 0 Å². The molecule has 0 aliphatic carbocycles. The van der Waals surface area contributed by atoms with Crippen LogP contribution in [0.2, 0.25) is 0 Å². The number of benzene rings is 1. The lowest BCUT2D eigenvalue weighted by Gasteiger charge is -2.27. The lowest BCUT2D eigenvalue weighted by molar-refractivity contribution is 0.777. The molecule has 0 unspecified atom stereocenters. The summed E-state index contributed by atoms with van der Waals surface area (Å²) in [7, 11) is 0. The van der Waals surface area contributed by atoms with Crippen molar-refractivity contribution in [1.82, 2.24) is 4.98 Å². The summed E-state index contributed by atoms with van der Waals surface area (Å²) in [6.45, 7) is 6.02. The summed E-state index contributed by atoms with van der Waals surface area (Å²) in [6, 6.07) is 12.5. The van der Waals surface area contributed by atoms with Crippen LogP contribution in [0.5, 0.6) is 0 Å². The summed E-state index contributed by atoms with van der Waals surface area (Å²) in [5, 5.41) is 0. The van der Waals surface area contributed by atoms with Crippen LogP contribution in [0.3, 0.4) is 0 Å². The van der Waals surface area contributed by atoms with Crippen LogP contribution in [0.25, 0.3) is 0 Å². The fourth-order valence-electron chi connectivity index (χ4n) is 2.24. The molecule has 2 aromatic rings. The lowest BCUT2D eigenvalue weighted by atomic mass is 10.1. The minimum Gasteiger partial charge on any atom is -0.367 e. The maximum Gasteiger partial charge on any atom is 0.0430 e. The number of pyridine rings is 1.